The van der Waals surface area contributed by atoms with Crippen molar-refractivity contribution in [1.29, 1.82) is 0 Å². The van der Waals surface area contributed by atoms with Crippen LogP contribution in [0.25, 0.3) is 0 Å². The molecule has 0 spiro atoms. The second-order valence-electron chi connectivity index (χ2n) is 5.59. The first kappa shape index (κ1) is 15.3. The van der Waals surface area contributed by atoms with Crippen LogP contribution in [-0.2, 0) is 6.42 Å². The molecule has 0 saturated heterocycles. The van der Waals surface area contributed by atoms with Crippen molar-refractivity contribution in [2.75, 3.05) is 0 Å². The lowest BCUT2D eigenvalue weighted by Gasteiger charge is -2.36. The van der Waals surface area contributed by atoms with Crippen molar-refractivity contribution in [1.82, 2.24) is 0 Å². The summed E-state index contributed by atoms with van der Waals surface area (Å²) in [5.74, 6) is -2.27. The van der Waals surface area contributed by atoms with Gasteiger partial charge in [0.2, 0.25) is 0 Å². The van der Waals surface area contributed by atoms with E-state index < -0.39 is 24.1 Å². The summed E-state index contributed by atoms with van der Waals surface area (Å²) < 4.78 is 52.2. The zero-order chi connectivity index (χ0) is 14.8. The van der Waals surface area contributed by atoms with Crippen LogP contribution in [0.3, 0.4) is 0 Å². The molecule has 1 aromatic carbocycles. The molecule has 3 unspecified atom stereocenters. The maximum Gasteiger partial charge on any atom is 0.392 e. The highest BCUT2D eigenvalue weighted by Crippen LogP contribution is 2.42. The Bertz CT molecular complexity index is 444. The average Bonchev–Trinajstić information content (AvgIpc) is 2.37. The molecule has 112 valence electrons. The topological polar surface area (TPSA) is 26.0 Å². The van der Waals surface area contributed by atoms with Crippen molar-refractivity contribution < 1.29 is 17.6 Å². The van der Waals surface area contributed by atoms with Crippen molar-refractivity contribution in [3.8, 4) is 0 Å². The predicted molar refractivity (Wildman–Crippen MR) is 69.6 cm³/mol. The lowest BCUT2D eigenvalue weighted by molar-refractivity contribution is -0.198. The Hall–Kier alpha value is -1.10. The third-order valence-corrected chi connectivity index (χ3v) is 4.15. The minimum atomic E-state index is -4.19. The zero-order valence-corrected chi connectivity index (χ0v) is 11.2. The number of rotatable bonds is 3. The van der Waals surface area contributed by atoms with Crippen LogP contribution in [0.2, 0.25) is 0 Å². The zero-order valence-electron chi connectivity index (χ0n) is 11.2. The van der Waals surface area contributed by atoms with E-state index in [1.807, 2.05) is 0 Å². The molecule has 2 rings (SSSR count). The van der Waals surface area contributed by atoms with Crippen LogP contribution < -0.4 is 5.73 Å². The first-order valence-corrected chi connectivity index (χ1v) is 6.94. The van der Waals surface area contributed by atoms with Crippen LogP contribution in [0.1, 0.15) is 31.2 Å². The van der Waals surface area contributed by atoms with Gasteiger partial charge in [0.05, 0.1) is 5.92 Å². The smallest absolute Gasteiger partial charge is 0.327 e. The van der Waals surface area contributed by atoms with Gasteiger partial charge in [-0.2, -0.15) is 13.2 Å². The van der Waals surface area contributed by atoms with Gasteiger partial charge in [-0.05, 0) is 42.9 Å². The van der Waals surface area contributed by atoms with E-state index in [1.165, 1.54) is 12.1 Å². The number of hydrogen-bond donors (Lipinski definition) is 1. The third kappa shape index (κ3) is 3.72. The van der Waals surface area contributed by atoms with Gasteiger partial charge in [0, 0.05) is 6.04 Å². The normalized spacial score (nSPS) is 25.4. The summed E-state index contributed by atoms with van der Waals surface area (Å²) in [7, 11) is 0. The SMILES string of the molecule is NC(Cc1cccc(F)c1)C1CCCCC1C(F)(F)F. The van der Waals surface area contributed by atoms with Gasteiger partial charge in [-0.15, -0.1) is 0 Å². The molecule has 2 N–H and O–H groups in total. The minimum absolute atomic E-state index is 0.158. The van der Waals surface area contributed by atoms with Gasteiger partial charge in [0.1, 0.15) is 5.82 Å². The molecule has 0 heterocycles. The molecular weight excluding hydrogens is 270 g/mol. The largest absolute Gasteiger partial charge is 0.392 e. The van der Waals surface area contributed by atoms with E-state index in [0.717, 1.165) is 6.42 Å². The highest BCUT2D eigenvalue weighted by Gasteiger charge is 2.47. The number of alkyl halides is 3. The van der Waals surface area contributed by atoms with Gasteiger partial charge in [-0.25, -0.2) is 4.39 Å². The van der Waals surface area contributed by atoms with E-state index in [0.29, 0.717) is 18.4 Å². The van der Waals surface area contributed by atoms with Gasteiger partial charge >= 0.3 is 6.18 Å². The molecular formula is C15H19F4N. The van der Waals surface area contributed by atoms with Crippen LogP contribution in [0, 0.1) is 17.7 Å². The predicted octanol–water partition coefficient (Wildman–Crippen LogP) is 4.06. The first-order chi connectivity index (χ1) is 9.38. The highest BCUT2D eigenvalue weighted by molar-refractivity contribution is 5.17. The first-order valence-electron chi connectivity index (χ1n) is 6.94. The van der Waals surface area contributed by atoms with Crippen LogP contribution in [-0.4, -0.2) is 12.2 Å². The number of halogens is 4. The quantitative estimate of drug-likeness (QED) is 0.834. The van der Waals surface area contributed by atoms with Gasteiger partial charge < -0.3 is 5.73 Å². The van der Waals surface area contributed by atoms with E-state index in [1.54, 1.807) is 12.1 Å². The fraction of sp³-hybridized carbons (Fsp3) is 0.600. The van der Waals surface area contributed by atoms with Crippen molar-refractivity contribution in [3.05, 3.63) is 35.6 Å². The van der Waals surface area contributed by atoms with Gasteiger partial charge in [-0.3, -0.25) is 0 Å². The number of benzene rings is 1. The van der Waals surface area contributed by atoms with Crippen LogP contribution in [0.15, 0.2) is 24.3 Å². The van der Waals surface area contributed by atoms with Gasteiger partial charge in [0.15, 0.2) is 0 Å². The van der Waals surface area contributed by atoms with Gasteiger partial charge in [0.25, 0.3) is 0 Å². The van der Waals surface area contributed by atoms with Crippen molar-refractivity contribution >= 4 is 0 Å². The monoisotopic (exact) mass is 289 g/mol. The molecule has 1 fully saturated rings. The van der Waals surface area contributed by atoms with Crippen molar-refractivity contribution in [2.45, 2.75) is 44.3 Å². The van der Waals surface area contributed by atoms with E-state index in [4.69, 9.17) is 5.73 Å². The van der Waals surface area contributed by atoms with E-state index in [9.17, 15) is 17.6 Å². The second kappa shape index (κ2) is 6.12. The molecule has 0 aliphatic heterocycles. The fourth-order valence-corrected chi connectivity index (χ4v) is 3.17. The summed E-state index contributed by atoms with van der Waals surface area (Å²) >= 11 is 0. The Kier molecular flexibility index (Phi) is 4.68. The minimum Gasteiger partial charge on any atom is -0.327 e. The lowest BCUT2D eigenvalue weighted by atomic mass is 9.73. The van der Waals surface area contributed by atoms with Crippen LogP contribution >= 0.6 is 0 Å². The molecule has 0 radical (unpaired) electrons. The Labute approximate surface area is 116 Å². The van der Waals surface area contributed by atoms with Crippen LogP contribution in [0.4, 0.5) is 17.6 Å². The van der Waals surface area contributed by atoms with Crippen molar-refractivity contribution in [2.24, 2.45) is 17.6 Å². The summed E-state index contributed by atoms with van der Waals surface area (Å²) in [6.45, 7) is 0. The van der Waals surface area contributed by atoms with E-state index in [2.05, 4.69) is 0 Å². The molecule has 3 atom stereocenters. The molecule has 0 amide bonds. The summed E-state index contributed by atoms with van der Waals surface area (Å²) in [4.78, 5) is 0. The molecule has 1 aromatic rings. The number of nitrogens with two attached hydrogens (primary N) is 1. The molecule has 1 aliphatic carbocycles. The Morgan fingerprint density at radius 3 is 2.55 bits per heavy atom. The Morgan fingerprint density at radius 2 is 1.90 bits per heavy atom. The molecule has 0 aromatic heterocycles. The van der Waals surface area contributed by atoms with E-state index in [-0.39, 0.29) is 18.7 Å². The average molecular weight is 289 g/mol. The molecule has 1 aliphatic rings. The standard InChI is InChI=1S/C15H19F4N/c16-11-5-3-4-10(8-11)9-14(20)12-6-1-2-7-13(12)15(17,18)19/h3-5,8,12-14H,1-2,6-7,9,20H2. The third-order valence-electron chi connectivity index (χ3n) is 4.15. The highest BCUT2D eigenvalue weighted by atomic mass is 19.4. The summed E-state index contributed by atoms with van der Waals surface area (Å²) in [5.41, 5.74) is 6.65. The maximum atomic E-state index is 13.1. The van der Waals surface area contributed by atoms with Gasteiger partial charge in [-0.1, -0.05) is 25.0 Å². The fourth-order valence-electron chi connectivity index (χ4n) is 3.17. The maximum absolute atomic E-state index is 13.1. The van der Waals surface area contributed by atoms with Crippen molar-refractivity contribution in [3.63, 3.8) is 0 Å². The van der Waals surface area contributed by atoms with E-state index >= 15 is 0 Å². The summed E-state index contributed by atoms with van der Waals surface area (Å²) in [6, 6.07) is 5.33. The van der Waals surface area contributed by atoms with Crippen LogP contribution in [0.5, 0.6) is 0 Å². The lowest BCUT2D eigenvalue weighted by Crippen LogP contribution is -2.44. The molecule has 0 bridgehead atoms. The second-order valence-corrected chi connectivity index (χ2v) is 5.59. The Balaban J connectivity index is 2.08. The number of hydrogen-bond acceptors (Lipinski definition) is 1. The molecule has 5 heteroatoms. The molecule has 1 saturated carbocycles. The summed E-state index contributed by atoms with van der Waals surface area (Å²) in [5, 5.41) is 0. The summed E-state index contributed by atoms with van der Waals surface area (Å²) in [6.07, 6.45) is -1.85. The molecule has 20 heavy (non-hydrogen) atoms. The Morgan fingerprint density at radius 1 is 1.20 bits per heavy atom. The molecule has 1 nitrogen and oxygen atoms in total.